The van der Waals surface area contributed by atoms with E-state index in [1.165, 1.54) is 0 Å². The molecule has 0 N–H and O–H groups in total. The summed E-state index contributed by atoms with van der Waals surface area (Å²) in [7, 11) is -0.769. The van der Waals surface area contributed by atoms with Crippen molar-refractivity contribution < 1.29 is 12.6 Å². The maximum atomic E-state index is 10.7. The van der Waals surface area contributed by atoms with Gasteiger partial charge in [-0.05, 0) is 31.0 Å². The summed E-state index contributed by atoms with van der Waals surface area (Å²) >= 11 is 0. The number of hydrogen-bond donors (Lipinski definition) is 1. The van der Waals surface area contributed by atoms with Gasteiger partial charge in [0.25, 0.3) is 11.0 Å². The zero-order valence-electron chi connectivity index (χ0n) is 13.3. The third kappa shape index (κ3) is 2.61. The van der Waals surface area contributed by atoms with Gasteiger partial charge in [0.1, 0.15) is 11.5 Å². The van der Waals surface area contributed by atoms with Crippen molar-refractivity contribution >= 4 is 38.7 Å². The van der Waals surface area contributed by atoms with E-state index in [0.717, 1.165) is 40.8 Å². The molecule has 0 aliphatic carbocycles. The molecule has 0 unspecified atom stereocenters. The summed E-state index contributed by atoms with van der Waals surface area (Å²) < 4.78 is 28.3. The molecule has 0 amide bonds. The number of nitrogens with zero attached hydrogens (tertiary/aromatic N) is 4. The van der Waals surface area contributed by atoms with Crippen LogP contribution in [0.25, 0.3) is 21.9 Å². The van der Waals surface area contributed by atoms with Crippen LogP contribution in [-0.4, -0.2) is 42.1 Å². The molecular formula is C16H18N4O3S. The van der Waals surface area contributed by atoms with Gasteiger partial charge in [-0.2, -0.15) is 0 Å². The number of thiol groups is 1. The molecule has 0 atom stereocenters. The average molecular weight is 346 g/mol. The molecule has 0 radical (unpaired) electrons. The first-order valence-electron chi connectivity index (χ1n) is 7.89. The first-order valence-corrected chi connectivity index (χ1v) is 8.98. The van der Waals surface area contributed by atoms with Gasteiger partial charge >= 0.3 is 0 Å². The first kappa shape index (κ1) is 15.3. The maximum Gasteiger partial charge on any atom is 0.257 e. The van der Waals surface area contributed by atoms with Gasteiger partial charge in [-0.15, -0.1) is 0 Å². The van der Waals surface area contributed by atoms with E-state index in [0.29, 0.717) is 12.8 Å². The van der Waals surface area contributed by atoms with Crippen LogP contribution < -0.4 is 4.90 Å². The highest BCUT2D eigenvalue weighted by Crippen LogP contribution is 2.29. The second-order valence-corrected chi connectivity index (χ2v) is 6.67. The fraction of sp³-hybridized carbons (Fsp3) is 0.375. The molecule has 8 heteroatoms. The topological polar surface area (TPSA) is 77.3 Å². The van der Waals surface area contributed by atoms with Crippen molar-refractivity contribution in [1.29, 1.82) is 0 Å². The van der Waals surface area contributed by atoms with Gasteiger partial charge in [-0.1, -0.05) is 0 Å². The summed E-state index contributed by atoms with van der Waals surface area (Å²) in [6, 6.07) is 6.09. The summed E-state index contributed by atoms with van der Waals surface area (Å²) in [5, 5.41) is 2.19. The van der Waals surface area contributed by atoms with Gasteiger partial charge in [0.2, 0.25) is 0 Å². The van der Waals surface area contributed by atoms with Crippen molar-refractivity contribution in [2.75, 3.05) is 18.0 Å². The number of aryl methyl sites for hydroxylation is 1. The Hall–Kier alpha value is -2.19. The van der Waals surface area contributed by atoms with Gasteiger partial charge < -0.3 is 9.47 Å². The number of hydrogen-bond acceptors (Lipinski definition) is 6. The molecule has 0 spiro atoms. The monoisotopic (exact) mass is 346 g/mol. The Kier molecular flexibility index (Phi) is 3.85. The molecule has 3 aromatic heterocycles. The van der Waals surface area contributed by atoms with Gasteiger partial charge in [0.15, 0.2) is 0 Å². The predicted octanol–water partition coefficient (Wildman–Crippen LogP) is 1.63. The third-order valence-corrected chi connectivity index (χ3v) is 5.10. The van der Waals surface area contributed by atoms with E-state index in [2.05, 4.69) is 20.5 Å². The average Bonchev–Trinajstić information content (AvgIpc) is 2.88. The summed E-state index contributed by atoms with van der Waals surface area (Å²) in [5.41, 5.74) is 2.03. The molecule has 1 aliphatic heterocycles. The number of aromatic nitrogens is 3. The smallest absolute Gasteiger partial charge is 0.257 e. The van der Waals surface area contributed by atoms with E-state index in [1.54, 1.807) is 6.20 Å². The Morgan fingerprint density at radius 2 is 1.96 bits per heavy atom. The number of anilines is 1. The van der Waals surface area contributed by atoms with Crippen LogP contribution in [-0.2, 0) is 22.2 Å². The molecule has 4 rings (SSSR count). The van der Waals surface area contributed by atoms with Crippen molar-refractivity contribution in [2.24, 2.45) is 7.05 Å². The summed E-state index contributed by atoms with van der Waals surface area (Å²) in [6.07, 6.45) is 4.80. The van der Waals surface area contributed by atoms with E-state index >= 15 is 0 Å². The first-order chi connectivity index (χ1) is 11.6. The van der Waals surface area contributed by atoms with Crippen LogP contribution in [0.4, 0.5) is 5.82 Å². The van der Waals surface area contributed by atoms with E-state index < -0.39 is 11.0 Å². The highest BCUT2D eigenvalue weighted by Gasteiger charge is 2.22. The number of pyridine rings is 2. The van der Waals surface area contributed by atoms with Crippen molar-refractivity contribution in [3.63, 3.8) is 0 Å². The zero-order valence-corrected chi connectivity index (χ0v) is 14.1. The standard InChI is InChI=1S/C16H18N4O3S/c1-19-14-4-7-17-10-13(14)12-2-3-15(18-16(12)19)20-8-5-11(6-9-20)23-24(21)22/h2-4,7,10-11,24H,5-6,8-9H2,1H3. The molecule has 24 heavy (non-hydrogen) atoms. The van der Waals surface area contributed by atoms with Gasteiger partial charge in [-0.25, -0.2) is 13.4 Å². The second kappa shape index (κ2) is 6.03. The molecule has 1 aliphatic rings. The van der Waals surface area contributed by atoms with Gasteiger partial charge in [0.05, 0.1) is 11.6 Å². The SMILES string of the molecule is Cn1c2ccncc2c2ccc(N3CCC(O[SH](=O)=O)CC3)nc21. The highest BCUT2D eigenvalue weighted by atomic mass is 32.2. The third-order valence-electron chi connectivity index (χ3n) is 4.63. The number of piperidine rings is 1. The lowest BCUT2D eigenvalue weighted by Gasteiger charge is -2.31. The molecule has 0 saturated carbocycles. The zero-order chi connectivity index (χ0) is 16.7. The van der Waals surface area contributed by atoms with E-state index in [9.17, 15) is 8.42 Å². The Morgan fingerprint density at radius 1 is 1.17 bits per heavy atom. The van der Waals surface area contributed by atoms with Crippen LogP contribution in [0.15, 0.2) is 30.6 Å². The van der Waals surface area contributed by atoms with Crippen LogP contribution in [0.2, 0.25) is 0 Å². The number of rotatable bonds is 3. The van der Waals surface area contributed by atoms with Gasteiger partial charge in [-0.3, -0.25) is 9.17 Å². The van der Waals surface area contributed by atoms with Crippen LogP contribution in [0.3, 0.4) is 0 Å². The lowest BCUT2D eigenvalue weighted by atomic mass is 10.1. The summed E-state index contributed by atoms with van der Waals surface area (Å²) in [6.45, 7) is 1.47. The van der Waals surface area contributed by atoms with Gasteiger partial charge in [0, 0.05) is 43.3 Å². The maximum absolute atomic E-state index is 10.7. The lowest BCUT2D eigenvalue weighted by molar-refractivity contribution is 0.186. The molecule has 1 saturated heterocycles. The minimum absolute atomic E-state index is 0.213. The number of fused-ring (bicyclic) bond motifs is 3. The van der Waals surface area contributed by atoms with Crippen LogP contribution >= 0.6 is 0 Å². The molecule has 7 nitrogen and oxygen atoms in total. The molecule has 0 aromatic carbocycles. The van der Waals surface area contributed by atoms with E-state index in [4.69, 9.17) is 9.17 Å². The molecule has 3 aromatic rings. The van der Waals surface area contributed by atoms with Crippen molar-refractivity contribution in [2.45, 2.75) is 18.9 Å². The minimum atomic E-state index is -2.77. The van der Waals surface area contributed by atoms with Crippen LogP contribution in [0.5, 0.6) is 0 Å². The van der Waals surface area contributed by atoms with Crippen molar-refractivity contribution in [3.05, 3.63) is 30.6 Å². The second-order valence-electron chi connectivity index (χ2n) is 6.01. The normalized spacial score (nSPS) is 16.5. The van der Waals surface area contributed by atoms with E-state index in [-0.39, 0.29) is 6.10 Å². The van der Waals surface area contributed by atoms with Crippen LogP contribution in [0.1, 0.15) is 12.8 Å². The Bertz CT molecular complexity index is 966. The quantitative estimate of drug-likeness (QED) is 0.727. The van der Waals surface area contributed by atoms with Crippen molar-refractivity contribution in [1.82, 2.24) is 14.5 Å². The fourth-order valence-corrected chi connectivity index (χ4v) is 3.85. The molecule has 126 valence electrons. The Morgan fingerprint density at radius 3 is 2.71 bits per heavy atom. The van der Waals surface area contributed by atoms with Crippen LogP contribution in [0, 0.1) is 0 Å². The Balaban J connectivity index is 1.64. The fourth-order valence-electron chi connectivity index (χ4n) is 3.39. The predicted molar refractivity (Wildman–Crippen MR) is 92.6 cm³/mol. The molecule has 0 bridgehead atoms. The molecule has 1 fully saturated rings. The molecule has 4 heterocycles. The van der Waals surface area contributed by atoms with E-state index in [1.807, 2.05) is 25.4 Å². The summed E-state index contributed by atoms with van der Waals surface area (Å²) in [5.74, 6) is 0.909. The molecular weight excluding hydrogens is 328 g/mol. The lowest BCUT2D eigenvalue weighted by Crippen LogP contribution is -2.37. The summed E-state index contributed by atoms with van der Waals surface area (Å²) in [4.78, 5) is 11.2. The largest absolute Gasteiger partial charge is 0.356 e. The highest BCUT2D eigenvalue weighted by molar-refractivity contribution is 7.67. The minimum Gasteiger partial charge on any atom is -0.356 e. The Labute approximate surface area is 141 Å². The van der Waals surface area contributed by atoms with Crippen molar-refractivity contribution in [3.8, 4) is 0 Å².